The fourth-order valence-corrected chi connectivity index (χ4v) is 2.50. The zero-order chi connectivity index (χ0) is 16.1. The molecule has 0 rings (SSSR count). The van der Waals surface area contributed by atoms with Crippen LogP contribution in [0.15, 0.2) is 0 Å². The van der Waals surface area contributed by atoms with Crippen LogP contribution >= 0.6 is 0 Å². The molecule has 0 aliphatic carbocycles. The Balaban J connectivity index is 0. The molecule has 0 bridgehead atoms. The third-order valence-electron chi connectivity index (χ3n) is 3.13. The summed E-state index contributed by atoms with van der Waals surface area (Å²) in [4.78, 5) is 11.5. The van der Waals surface area contributed by atoms with Crippen LogP contribution in [-0.4, -0.2) is 25.1 Å². The first-order chi connectivity index (χ1) is 9.85. The minimum Gasteiger partial charge on any atom is -0.725 e. The van der Waals surface area contributed by atoms with Crippen LogP contribution in [0.5, 0.6) is 0 Å². The third kappa shape index (κ3) is 18.4. The van der Waals surface area contributed by atoms with Gasteiger partial charge in [-0.05, 0) is 13.3 Å². The maximum atomic E-state index is 11.5. The number of rotatable bonds is 13. The van der Waals surface area contributed by atoms with Crippen molar-refractivity contribution in [1.29, 1.82) is 0 Å². The predicted octanol–water partition coefficient (Wildman–Crippen LogP) is -0.150. The maximum absolute atomic E-state index is 11.5. The summed E-state index contributed by atoms with van der Waals surface area (Å²) < 4.78 is 35.0. The van der Waals surface area contributed by atoms with Crippen molar-refractivity contribution in [3.63, 3.8) is 0 Å². The Morgan fingerprint density at radius 1 is 1.05 bits per heavy atom. The smallest absolute Gasteiger partial charge is 0.725 e. The minimum absolute atomic E-state index is 0. The van der Waals surface area contributed by atoms with Crippen molar-refractivity contribution in [2.75, 3.05) is 0 Å². The Morgan fingerprint density at radius 2 is 1.50 bits per heavy atom. The second-order valence-electron chi connectivity index (χ2n) is 5.29. The third-order valence-corrected chi connectivity index (χ3v) is 3.66. The molecular weight excluding hydrogens is 317 g/mol. The van der Waals surface area contributed by atoms with Crippen LogP contribution in [0.3, 0.4) is 0 Å². The van der Waals surface area contributed by atoms with Gasteiger partial charge >= 0.3 is 29.6 Å². The van der Waals surface area contributed by atoms with Crippen molar-refractivity contribution in [2.45, 2.75) is 84.3 Å². The molecule has 6 nitrogen and oxygen atoms in total. The Labute approximate surface area is 157 Å². The van der Waals surface area contributed by atoms with Gasteiger partial charge in [0.2, 0.25) is 16.3 Å². The summed E-state index contributed by atoms with van der Waals surface area (Å²) in [6.07, 6.45) is 9.66. The first kappa shape index (κ1) is 24.6. The van der Waals surface area contributed by atoms with Crippen molar-refractivity contribution in [3.05, 3.63) is 0 Å². The number of carbonyl (C=O) groups excluding carboxylic acids is 1. The van der Waals surface area contributed by atoms with Gasteiger partial charge in [0.25, 0.3) is 0 Å². The number of hydrogen-bond donors (Lipinski definition) is 1. The first-order valence-electron chi connectivity index (χ1n) is 7.78. The van der Waals surface area contributed by atoms with Gasteiger partial charge in [0.05, 0.1) is 0 Å². The number of amides is 1. The summed E-state index contributed by atoms with van der Waals surface area (Å²) in [5.41, 5.74) is 0. The molecule has 0 aromatic rings. The van der Waals surface area contributed by atoms with Crippen LogP contribution < -0.4 is 34.9 Å². The van der Waals surface area contributed by atoms with Crippen LogP contribution in [0.4, 0.5) is 0 Å². The molecule has 1 amide bonds. The number of unbranched alkanes of at least 4 members (excludes halogenated alkanes) is 8. The van der Waals surface area contributed by atoms with Gasteiger partial charge in [0, 0.05) is 6.42 Å². The van der Waals surface area contributed by atoms with E-state index in [4.69, 9.17) is 0 Å². The molecule has 0 aliphatic rings. The molecule has 1 N–H and O–H groups in total. The van der Waals surface area contributed by atoms with Crippen LogP contribution in [0, 0.1) is 0 Å². The Bertz CT molecular complexity index is 375. The minimum atomic E-state index is -4.78. The van der Waals surface area contributed by atoms with Crippen LogP contribution in [0.25, 0.3) is 0 Å². The van der Waals surface area contributed by atoms with E-state index in [2.05, 4.69) is 16.4 Å². The van der Waals surface area contributed by atoms with Crippen LogP contribution in [0.1, 0.15) is 78.1 Å². The summed E-state index contributed by atoms with van der Waals surface area (Å²) >= 11 is 0. The number of hydrogen-bond acceptors (Lipinski definition) is 5. The van der Waals surface area contributed by atoms with E-state index in [1.807, 2.05) is 0 Å². The topological polar surface area (TPSA) is 95.5 Å². The van der Waals surface area contributed by atoms with E-state index in [0.717, 1.165) is 19.3 Å². The molecule has 0 aliphatic heterocycles. The number of carbonyl (C=O) groups is 1. The molecule has 1 unspecified atom stereocenters. The van der Waals surface area contributed by atoms with E-state index in [1.165, 1.54) is 45.4 Å². The van der Waals surface area contributed by atoms with E-state index in [0.29, 0.717) is 6.42 Å². The Morgan fingerprint density at radius 3 is 1.95 bits per heavy atom. The first-order valence-corrected chi connectivity index (χ1v) is 9.12. The summed E-state index contributed by atoms with van der Waals surface area (Å²) in [7, 11) is -4.78. The van der Waals surface area contributed by atoms with Gasteiger partial charge in [0.15, 0.2) is 0 Å². The van der Waals surface area contributed by atoms with Gasteiger partial charge in [0.1, 0.15) is 6.23 Å². The molecule has 0 heterocycles. The van der Waals surface area contributed by atoms with Gasteiger partial charge in [-0.1, -0.05) is 58.3 Å². The Hall–Kier alpha value is 0.340. The molecule has 0 spiro atoms. The molecule has 126 valence electrons. The van der Waals surface area contributed by atoms with E-state index < -0.39 is 16.6 Å². The molecule has 0 aromatic carbocycles. The van der Waals surface area contributed by atoms with Gasteiger partial charge in [-0.15, -0.1) is 0 Å². The normalized spacial score (nSPS) is 12.5. The fourth-order valence-electron chi connectivity index (χ4n) is 2.10. The molecule has 0 saturated heterocycles. The molecule has 0 saturated carbocycles. The molecule has 0 radical (unpaired) electrons. The summed E-state index contributed by atoms with van der Waals surface area (Å²) in [5.74, 6) is -0.297. The standard InChI is InChI=1S/C14H29NO5S.Na/c1-3-4-5-6-7-8-9-10-11-12-14(16)15-13(2)20-21(17,18)19;/h13H,3-12H2,1-2H3,(H,15,16)(H,17,18,19);/q;+1/p-1. The molecule has 0 fully saturated rings. The van der Waals surface area contributed by atoms with E-state index >= 15 is 0 Å². The monoisotopic (exact) mass is 345 g/mol. The second kappa shape index (κ2) is 14.9. The second-order valence-corrected chi connectivity index (χ2v) is 6.30. The van der Waals surface area contributed by atoms with E-state index in [1.54, 1.807) is 0 Å². The Kier molecular flexibility index (Phi) is 16.7. The van der Waals surface area contributed by atoms with Crippen molar-refractivity contribution in [3.8, 4) is 0 Å². The summed E-state index contributed by atoms with van der Waals surface area (Å²) in [5, 5.41) is 2.32. The zero-order valence-corrected chi connectivity index (χ0v) is 16.9. The molecule has 1 atom stereocenters. The van der Waals surface area contributed by atoms with Gasteiger partial charge in [-0.25, -0.2) is 8.42 Å². The maximum Gasteiger partial charge on any atom is 1.00 e. The zero-order valence-electron chi connectivity index (χ0n) is 14.1. The van der Waals surface area contributed by atoms with Gasteiger partial charge < -0.3 is 9.87 Å². The number of nitrogens with one attached hydrogen (secondary N) is 1. The molecule has 8 heteroatoms. The summed E-state index contributed by atoms with van der Waals surface area (Å²) in [6.45, 7) is 3.51. The van der Waals surface area contributed by atoms with Crippen molar-refractivity contribution >= 4 is 16.3 Å². The fraction of sp³-hybridized carbons (Fsp3) is 0.929. The average Bonchev–Trinajstić information content (AvgIpc) is 2.34. The summed E-state index contributed by atoms with van der Waals surface area (Å²) in [6, 6.07) is 0. The van der Waals surface area contributed by atoms with Gasteiger partial charge in [-0.3, -0.25) is 8.98 Å². The van der Waals surface area contributed by atoms with Crippen molar-refractivity contribution in [2.24, 2.45) is 0 Å². The predicted molar refractivity (Wildman–Crippen MR) is 80.2 cm³/mol. The van der Waals surface area contributed by atoms with E-state index in [-0.39, 0.29) is 35.5 Å². The van der Waals surface area contributed by atoms with E-state index in [9.17, 15) is 17.8 Å². The molecule has 22 heavy (non-hydrogen) atoms. The van der Waals surface area contributed by atoms with Crippen LogP contribution in [0.2, 0.25) is 0 Å². The van der Waals surface area contributed by atoms with Crippen LogP contribution in [-0.2, 0) is 19.4 Å². The largest absolute Gasteiger partial charge is 1.00 e. The molecule has 0 aromatic heterocycles. The molecular formula is C14H28NNaO5S. The van der Waals surface area contributed by atoms with Gasteiger partial charge in [-0.2, -0.15) is 0 Å². The quantitative estimate of drug-likeness (QED) is 0.165. The van der Waals surface area contributed by atoms with Crippen molar-refractivity contribution < 1.29 is 51.5 Å². The SMILES string of the molecule is CCCCCCCCCCCC(=O)NC(C)OS(=O)(=O)[O-].[Na+]. The van der Waals surface area contributed by atoms with Crippen molar-refractivity contribution in [1.82, 2.24) is 5.32 Å². The average molecular weight is 345 g/mol.